The normalized spacial score (nSPS) is 12.6. The molecule has 1 N–H and O–H groups in total. The molecule has 2 rings (SSSR count). The van der Waals surface area contributed by atoms with E-state index in [1.54, 1.807) is 6.33 Å². The van der Waals surface area contributed by atoms with Gasteiger partial charge >= 0.3 is 0 Å². The Morgan fingerprint density at radius 1 is 1.42 bits per heavy atom. The van der Waals surface area contributed by atoms with Crippen molar-refractivity contribution in [2.45, 2.75) is 25.9 Å². The minimum Gasteiger partial charge on any atom is -0.313 e. The molecule has 19 heavy (non-hydrogen) atoms. The van der Waals surface area contributed by atoms with Crippen LogP contribution in [0.4, 0.5) is 0 Å². The number of benzene rings is 1. The first-order valence-corrected chi connectivity index (χ1v) is 7.31. The Kier molecular flexibility index (Phi) is 4.96. The van der Waals surface area contributed by atoms with E-state index in [9.17, 15) is 0 Å². The molecule has 0 saturated heterocycles. The Hall–Kier alpha value is -0.910. The summed E-state index contributed by atoms with van der Waals surface area (Å²) in [5.41, 5.74) is 1.13. The van der Waals surface area contributed by atoms with Gasteiger partial charge in [0.2, 0.25) is 0 Å². The monoisotopic (exact) mass is 342 g/mol. The predicted octanol–water partition coefficient (Wildman–Crippen LogP) is 3.22. The molecule has 102 valence electrons. The van der Waals surface area contributed by atoms with Crippen molar-refractivity contribution < 1.29 is 0 Å². The van der Waals surface area contributed by atoms with Crippen LogP contribution in [-0.2, 0) is 13.0 Å². The second kappa shape index (κ2) is 6.50. The standard InChI is InChI=1S/C13H16BrClN4/c1-3-19-13(17-8-18-19)7-12(16-2)9-4-10(14)6-11(15)5-9/h4-6,8,12,16H,3,7H2,1-2H3. The first kappa shape index (κ1) is 14.5. The first-order chi connectivity index (χ1) is 9.13. The zero-order valence-electron chi connectivity index (χ0n) is 10.9. The van der Waals surface area contributed by atoms with Gasteiger partial charge in [-0.05, 0) is 37.7 Å². The highest BCUT2D eigenvalue weighted by molar-refractivity contribution is 9.10. The number of nitrogens with one attached hydrogen (secondary N) is 1. The second-order valence-electron chi connectivity index (χ2n) is 4.24. The SMILES string of the molecule is CCn1ncnc1CC(NC)c1cc(Cl)cc(Br)c1. The maximum atomic E-state index is 6.10. The van der Waals surface area contributed by atoms with Gasteiger partial charge < -0.3 is 5.32 Å². The van der Waals surface area contributed by atoms with Crippen molar-refractivity contribution in [3.8, 4) is 0 Å². The molecule has 0 aliphatic rings. The van der Waals surface area contributed by atoms with Crippen LogP contribution in [0.2, 0.25) is 5.02 Å². The quantitative estimate of drug-likeness (QED) is 0.906. The fraction of sp³-hybridized carbons (Fsp3) is 0.385. The Morgan fingerprint density at radius 3 is 2.84 bits per heavy atom. The third-order valence-corrected chi connectivity index (χ3v) is 3.69. The number of halogens is 2. The van der Waals surface area contributed by atoms with Gasteiger partial charge in [-0.1, -0.05) is 27.5 Å². The number of aryl methyl sites for hydroxylation is 1. The molecule has 1 atom stereocenters. The number of hydrogen-bond donors (Lipinski definition) is 1. The highest BCUT2D eigenvalue weighted by Crippen LogP contribution is 2.25. The van der Waals surface area contributed by atoms with Crippen molar-refractivity contribution in [2.75, 3.05) is 7.05 Å². The van der Waals surface area contributed by atoms with Gasteiger partial charge in [-0.25, -0.2) is 4.98 Å². The van der Waals surface area contributed by atoms with Crippen LogP contribution in [0, 0.1) is 0 Å². The average molecular weight is 344 g/mol. The molecule has 0 spiro atoms. The zero-order valence-corrected chi connectivity index (χ0v) is 13.2. The maximum absolute atomic E-state index is 6.10. The van der Waals surface area contributed by atoms with Gasteiger partial charge in [0.1, 0.15) is 12.2 Å². The summed E-state index contributed by atoms with van der Waals surface area (Å²) in [6.45, 7) is 2.88. The van der Waals surface area contributed by atoms with Crippen molar-refractivity contribution in [1.82, 2.24) is 20.1 Å². The van der Waals surface area contributed by atoms with E-state index in [0.717, 1.165) is 33.8 Å². The lowest BCUT2D eigenvalue weighted by atomic mass is 10.0. The summed E-state index contributed by atoms with van der Waals surface area (Å²) in [4.78, 5) is 4.31. The summed E-state index contributed by atoms with van der Waals surface area (Å²) in [6, 6.07) is 6.08. The van der Waals surface area contributed by atoms with Crippen LogP contribution < -0.4 is 5.32 Å². The maximum Gasteiger partial charge on any atom is 0.138 e. The highest BCUT2D eigenvalue weighted by Gasteiger charge is 2.15. The molecule has 0 aliphatic heterocycles. The molecule has 4 nitrogen and oxygen atoms in total. The highest BCUT2D eigenvalue weighted by atomic mass is 79.9. The lowest BCUT2D eigenvalue weighted by Crippen LogP contribution is -2.21. The van der Waals surface area contributed by atoms with Gasteiger partial charge in [-0.2, -0.15) is 5.10 Å². The zero-order chi connectivity index (χ0) is 13.8. The van der Waals surface area contributed by atoms with Crippen LogP contribution >= 0.6 is 27.5 Å². The fourth-order valence-electron chi connectivity index (χ4n) is 2.06. The molecule has 0 radical (unpaired) electrons. The number of likely N-dealkylation sites (N-methyl/N-ethyl adjacent to an activating group) is 1. The van der Waals surface area contributed by atoms with Gasteiger partial charge in [0.25, 0.3) is 0 Å². The fourth-order valence-corrected chi connectivity index (χ4v) is 2.94. The third kappa shape index (κ3) is 3.55. The van der Waals surface area contributed by atoms with Gasteiger partial charge in [0, 0.05) is 28.5 Å². The Balaban J connectivity index is 2.25. The molecule has 2 aromatic rings. The van der Waals surface area contributed by atoms with E-state index in [1.807, 2.05) is 23.9 Å². The Labute approximate surface area is 126 Å². The third-order valence-electron chi connectivity index (χ3n) is 3.02. The molecular weight excluding hydrogens is 328 g/mol. The molecule has 0 fully saturated rings. The van der Waals surface area contributed by atoms with Crippen molar-refractivity contribution in [3.05, 3.63) is 45.4 Å². The second-order valence-corrected chi connectivity index (χ2v) is 5.59. The number of rotatable bonds is 5. The first-order valence-electron chi connectivity index (χ1n) is 6.14. The molecule has 0 bridgehead atoms. The van der Waals surface area contributed by atoms with E-state index in [1.165, 1.54) is 0 Å². The van der Waals surface area contributed by atoms with Crippen LogP contribution in [0.25, 0.3) is 0 Å². The van der Waals surface area contributed by atoms with Crippen LogP contribution in [-0.4, -0.2) is 21.8 Å². The van der Waals surface area contributed by atoms with Crippen molar-refractivity contribution in [1.29, 1.82) is 0 Å². The van der Waals surface area contributed by atoms with Gasteiger partial charge in [-0.3, -0.25) is 4.68 Å². The summed E-state index contributed by atoms with van der Waals surface area (Å²) in [5, 5.41) is 8.22. The minimum absolute atomic E-state index is 0.157. The van der Waals surface area contributed by atoms with E-state index in [2.05, 4.69) is 44.3 Å². The van der Waals surface area contributed by atoms with Gasteiger partial charge in [0.05, 0.1) is 0 Å². The summed E-state index contributed by atoms with van der Waals surface area (Å²) in [5.74, 6) is 0.970. The Bertz CT molecular complexity index is 535. The number of nitrogens with zero attached hydrogens (tertiary/aromatic N) is 3. The molecule has 6 heteroatoms. The molecule has 1 unspecified atom stereocenters. The van der Waals surface area contributed by atoms with Crippen molar-refractivity contribution >= 4 is 27.5 Å². The van der Waals surface area contributed by atoms with E-state index < -0.39 is 0 Å². The van der Waals surface area contributed by atoms with Gasteiger partial charge in [0.15, 0.2) is 0 Å². The Morgan fingerprint density at radius 2 is 2.21 bits per heavy atom. The largest absolute Gasteiger partial charge is 0.313 e. The van der Waals surface area contributed by atoms with Crippen LogP contribution in [0.3, 0.4) is 0 Å². The topological polar surface area (TPSA) is 42.7 Å². The van der Waals surface area contributed by atoms with Crippen LogP contribution in [0.1, 0.15) is 24.4 Å². The van der Waals surface area contributed by atoms with E-state index >= 15 is 0 Å². The van der Waals surface area contributed by atoms with Crippen LogP contribution in [0.15, 0.2) is 29.0 Å². The molecular formula is C13H16BrClN4. The average Bonchev–Trinajstić information content (AvgIpc) is 2.81. The van der Waals surface area contributed by atoms with Crippen molar-refractivity contribution in [3.63, 3.8) is 0 Å². The predicted molar refractivity (Wildman–Crippen MR) is 80.4 cm³/mol. The number of aromatic nitrogens is 3. The summed E-state index contributed by atoms with van der Waals surface area (Å²) in [6.07, 6.45) is 2.37. The molecule has 0 aliphatic carbocycles. The smallest absolute Gasteiger partial charge is 0.138 e. The summed E-state index contributed by atoms with van der Waals surface area (Å²) >= 11 is 9.57. The molecule has 0 amide bonds. The van der Waals surface area contributed by atoms with E-state index in [4.69, 9.17) is 11.6 Å². The van der Waals surface area contributed by atoms with E-state index in [-0.39, 0.29) is 6.04 Å². The summed E-state index contributed by atoms with van der Waals surface area (Å²) in [7, 11) is 1.94. The molecule has 1 aromatic carbocycles. The molecule has 1 aromatic heterocycles. The van der Waals surface area contributed by atoms with Crippen LogP contribution in [0.5, 0.6) is 0 Å². The van der Waals surface area contributed by atoms with Gasteiger partial charge in [-0.15, -0.1) is 0 Å². The lowest BCUT2D eigenvalue weighted by molar-refractivity contribution is 0.533. The minimum atomic E-state index is 0.157. The molecule has 0 saturated carbocycles. The number of hydrogen-bond acceptors (Lipinski definition) is 3. The molecule has 1 heterocycles. The lowest BCUT2D eigenvalue weighted by Gasteiger charge is -2.17. The van der Waals surface area contributed by atoms with Crippen molar-refractivity contribution in [2.24, 2.45) is 0 Å². The van der Waals surface area contributed by atoms with E-state index in [0.29, 0.717) is 0 Å². The summed E-state index contributed by atoms with van der Waals surface area (Å²) < 4.78 is 2.89.